The maximum Gasteiger partial charge on any atom is 0.315 e. The summed E-state index contributed by atoms with van der Waals surface area (Å²) in [6, 6.07) is -0.156. The van der Waals surface area contributed by atoms with Crippen molar-refractivity contribution in [1.82, 2.24) is 15.6 Å². The highest BCUT2D eigenvalue weighted by Crippen LogP contribution is 2.28. The minimum Gasteiger partial charge on any atom is -0.394 e. The van der Waals surface area contributed by atoms with Crippen molar-refractivity contribution in [3.05, 3.63) is 16.1 Å². The lowest BCUT2D eigenvalue weighted by Gasteiger charge is -2.27. The maximum absolute atomic E-state index is 11.9. The van der Waals surface area contributed by atoms with Crippen LogP contribution in [0.1, 0.15) is 49.2 Å². The zero-order valence-corrected chi connectivity index (χ0v) is 13.5. The molecule has 3 N–H and O–H groups in total. The van der Waals surface area contributed by atoms with Gasteiger partial charge in [-0.25, -0.2) is 9.78 Å². The molecule has 1 saturated carbocycles. The van der Waals surface area contributed by atoms with E-state index < -0.39 is 0 Å². The second kappa shape index (κ2) is 7.75. The number of hydrogen-bond acceptors (Lipinski definition) is 4. The van der Waals surface area contributed by atoms with Crippen LogP contribution in [-0.2, 0) is 6.42 Å². The van der Waals surface area contributed by atoms with Crippen LogP contribution in [0.15, 0.2) is 5.38 Å². The molecule has 1 aliphatic rings. The fourth-order valence-electron chi connectivity index (χ4n) is 2.78. The lowest BCUT2D eigenvalue weighted by atomic mass is 9.99. The summed E-state index contributed by atoms with van der Waals surface area (Å²) in [5.41, 5.74) is 0.695. The van der Waals surface area contributed by atoms with Crippen molar-refractivity contribution < 1.29 is 9.90 Å². The van der Waals surface area contributed by atoms with Crippen LogP contribution in [0, 0.1) is 6.92 Å². The summed E-state index contributed by atoms with van der Waals surface area (Å²) < 4.78 is 0. The first-order valence-corrected chi connectivity index (χ1v) is 8.59. The van der Waals surface area contributed by atoms with Crippen LogP contribution >= 0.6 is 11.3 Å². The Morgan fingerprint density at radius 2 is 2.19 bits per heavy atom. The highest BCUT2D eigenvalue weighted by Gasteiger charge is 2.34. The Kier molecular flexibility index (Phi) is 5.99. The molecular weight excluding hydrogens is 286 g/mol. The molecule has 1 fully saturated rings. The molecule has 0 spiro atoms. The van der Waals surface area contributed by atoms with Gasteiger partial charge in [0.05, 0.1) is 17.2 Å². The van der Waals surface area contributed by atoms with Gasteiger partial charge in [0.2, 0.25) is 0 Å². The number of urea groups is 1. The second-order valence-electron chi connectivity index (χ2n) is 5.87. The van der Waals surface area contributed by atoms with E-state index in [1.807, 2.05) is 6.92 Å². The number of amides is 2. The van der Waals surface area contributed by atoms with E-state index in [1.165, 1.54) is 5.01 Å². The van der Waals surface area contributed by atoms with Crippen LogP contribution in [0.3, 0.4) is 0 Å². The molecule has 1 aromatic rings. The number of carbonyl (C=O) groups is 1. The van der Waals surface area contributed by atoms with Crippen molar-refractivity contribution in [3.63, 3.8) is 0 Å². The van der Waals surface area contributed by atoms with E-state index in [0.717, 1.165) is 50.6 Å². The first kappa shape index (κ1) is 16.2. The third-order valence-electron chi connectivity index (χ3n) is 4.01. The van der Waals surface area contributed by atoms with Crippen LogP contribution in [-0.4, -0.2) is 34.8 Å². The SMILES string of the molecule is Cc1csc(CCCCNC(=O)NC2(CO)CCCC2)n1. The van der Waals surface area contributed by atoms with Crippen molar-refractivity contribution in [1.29, 1.82) is 0 Å². The molecule has 5 nitrogen and oxygen atoms in total. The molecule has 0 bridgehead atoms. The van der Waals surface area contributed by atoms with Crippen LogP contribution in [0.5, 0.6) is 0 Å². The highest BCUT2D eigenvalue weighted by atomic mass is 32.1. The van der Waals surface area contributed by atoms with Gasteiger partial charge in [-0.2, -0.15) is 0 Å². The molecule has 2 amide bonds. The molecule has 0 aliphatic heterocycles. The predicted octanol–water partition coefficient (Wildman–Crippen LogP) is 2.38. The molecule has 1 heterocycles. The van der Waals surface area contributed by atoms with Gasteiger partial charge in [0.25, 0.3) is 0 Å². The molecule has 1 aromatic heterocycles. The van der Waals surface area contributed by atoms with Gasteiger partial charge >= 0.3 is 6.03 Å². The lowest BCUT2D eigenvalue weighted by Crippen LogP contribution is -2.52. The molecule has 0 radical (unpaired) electrons. The van der Waals surface area contributed by atoms with Gasteiger partial charge < -0.3 is 15.7 Å². The molecule has 0 saturated heterocycles. The quantitative estimate of drug-likeness (QED) is 0.677. The minimum absolute atomic E-state index is 0.0316. The smallest absolute Gasteiger partial charge is 0.315 e. The fourth-order valence-corrected chi connectivity index (χ4v) is 3.60. The Balaban J connectivity index is 1.59. The summed E-state index contributed by atoms with van der Waals surface area (Å²) in [4.78, 5) is 16.3. The Bertz CT molecular complexity index is 456. The van der Waals surface area contributed by atoms with E-state index >= 15 is 0 Å². The molecule has 0 atom stereocenters. The summed E-state index contributed by atoms with van der Waals surface area (Å²) in [7, 11) is 0. The van der Waals surface area contributed by atoms with E-state index in [1.54, 1.807) is 11.3 Å². The monoisotopic (exact) mass is 311 g/mol. The number of nitrogens with zero attached hydrogens (tertiary/aromatic N) is 1. The zero-order chi connectivity index (χ0) is 15.1. The minimum atomic E-state index is -0.386. The number of rotatable bonds is 7. The van der Waals surface area contributed by atoms with Crippen molar-refractivity contribution >= 4 is 17.4 Å². The van der Waals surface area contributed by atoms with Gasteiger partial charge in [0.1, 0.15) is 0 Å². The average Bonchev–Trinajstić information content (AvgIpc) is 3.08. The van der Waals surface area contributed by atoms with Crippen LogP contribution in [0.25, 0.3) is 0 Å². The van der Waals surface area contributed by atoms with Gasteiger partial charge in [0.15, 0.2) is 0 Å². The van der Waals surface area contributed by atoms with E-state index in [9.17, 15) is 9.90 Å². The third kappa shape index (κ3) is 4.97. The molecule has 6 heteroatoms. The van der Waals surface area contributed by atoms with Crippen molar-refractivity contribution in [2.24, 2.45) is 0 Å². The second-order valence-corrected chi connectivity index (χ2v) is 6.81. The summed E-state index contributed by atoms with van der Waals surface area (Å²) in [5, 5.41) is 18.5. The number of aromatic nitrogens is 1. The number of aliphatic hydroxyl groups is 1. The van der Waals surface area contributed by atoms with E-state index in [2.05, 4.69) is 21.0 Å². The van der Waals surface area contributed by atoms with Crippen molar-refractivity contribution in [2.75, 3.05) is 13.2 Å². The standard InChI is InChI=1S/C15H25N3O2S/c1-12-10-21-13(17-12)6-2-5-9-16-14(20)18-15(11-19)7-3-4-8-15/h10,19H,2-9,11H2,1H3,(H2,16,18,20). The topological polar surface area (TPSA) is 74.2 Å². The molecular formula is C15H25N3O2S. The average molecular weight is 311 g/mol. The number of hydrogen-bond donors (Lipinski definition) is 3. The first-order chi connectivity index (χ1) is 10.1. The summed E-state index contributed by atoms with van der Waals surface area (Å²) in [6.45, 7) is 2.70. The van der Waals surface area contributed by atoms with Gasteiger partial charge in [-0.05, 0) is 39.0 Å². The number of unbranched alkanes of at least 4 members (excludes halogenated alkanes) is 1. The summed E-state index contributed by atoms with van der Waals surface area (Å²) >= 11 is 1.70. The van der Waals surface area contributed by atoms with E-state index in [0.29, 0.717) is 6.54 Å². The molecule has 0 unspecified atom stereocenters. The fraction of sp³-hybridized carbons (Fsp3) is 0.733. The summed E-state index contributed by atoms with van der Waals surface area (Å²) in [5.74, 6) is 0. The Morgan fingerprint density at radius 3 is 2.81 bits per heavy atom. The largest absolute Gasteiger partial charge is 0.394 e. The molecule has 21 heavy (non-hydrogen) atoms. The molecule has 118 valence electrons. The van der Waals surface area contributed by atoms with E-state index in [4.69, 9.17) is 0 Å². The van der Waals surface area contributed by atoms with E-state index in [-0.39, 0.29) is 18.2 Å². The van der Waals surface area contributed by atoms with Crippen LogP contribution in [0.4, 0.5) is 4.79 Å². The van der Waals surface area contributed by atoms with Crippen LogP contribution < -0.4 is 10.6 Å². The Hall–Kier alpha value is -1.14. The Labute approximate surface area is 130 Å². The third-order valence-corrected chi connectivity index (χ3v) is 5.04. The van der Waals surface area contributed by atoms with Gasteiger partial charge in [0, 0.05) is 17.6 Å². The molecule has 0 aromatic carbocycles. The number of nitrogens with one attached hydrogen (secondary N) is 2. The first-order valence-electron chi connectivity index (χ1n) is 7.71. The number of aliphatic hydroxyl groups excluding tert-OH is 1. The summed E-state index contributed by atoms with van der Waals surface area (Å²) in [6.07, 6.45) is 6.85. The number of thiazole rings is 1. The Morgan fingerprint density at radius 1 is 1.43 bits per heavy atom. The van der Waals surface area contributed by atoms with Crippen molar-refractivity contribution in [3.8, 4) is 0 Å². The number of aryl methyl sites for hydroxylation is 2. The maximum atomic E-state index is 11.9. The van der Waals surface area contributed by atoms with Gasteiger partial charge in [-0.1, -0.05) is 12.8 Å². The van der Waals surface area contributed by atoms with Gasteiger partial charge in [-0.3, -0.25) is 0 Å². The molecule has 2 rings (SSSR count). The highest BCUT2D eigenvalue weighted by molar-refractivity contribution is 7.09. The molecule has 1 aliphatic carbocycles. The number of carbonyl (C=O) groups excluding carboxylic acids is 1. The zero-order valence-electron chi connectivity index (χ0n) is 12.7. The lowest BCUT2D eigenvalue weighted by molar-refractivity contribution is 0.163. The van der Waals surface area contributed by atoms with Gasteiger partial charge in [-0.15, -0.1) is 11.3 Å². The van der Waals surface area contributed by atoms with Crippen LogP contribution in [0.2, 0.25) is 0 Å². The van der Waals surface area contributed by atoms with Crippen molar-refractivity contribution in [2.45, 2.75) is 57.4 Å². The normalized spacial score (nSPS) is 16.9. The predicted molar refractivity (Wildman–Crippen MR) is 84.6 cm³/mol.